The summed E-state index contributed by atoms with van der Waals surface area (Å²) in [5, 5.41) is 3.01. The molecule has 454 valence electrons. The van der Waals surface area contributed by atoms with Gasteiger partial charge in [-0.15, -0.1) is 0 Å². The second-order valence-corrected chi connectivity index (χ2v) is 23.9. The van der Waals surface area contributed by atoms with Gasteiger partial charge in [-0.2, -0.15) is 0 Å². The van der Waals surface area contributed by atoms with Gasteiger partial charge in [0, 0.05) is 12.8 Å². The van der Waals surface area contributed by atoms with E-state index in [9.17, 15) is 19.0 Å². The van der Waals surface area contributed by atoms with E-state index in [1.165, 1.54) is 103 Å². The fourth-order valence-electron chi connectivity index (χ4n) is 8.73. The molecule has 0 heterocycles. The number of ether oxygens (including phenoxy) is 1. The van der Waals surface area contributed by atoms with Crippen LogP contribution < -0.4 is 10.2 Å². The van der Waals surface area contributed by atoms with E-state index in [0.717, 1.165) is 116 Å². The molecule has 0 bridgehead atoms. The van der Waals surface area contributed by atoms with Crippen molar-refractivity contribution < 1.29 is 37.3 Å². The number of carbonyl (C=O) groups is 2. The zero-order valence-electron chi connectivity index (χ0n) is 51.8. The highest BCUT2D eigenvalue weighted by Gasteiger charge is 2.27. The minimum absolute atomic E-state index is 0.0330. The number of hydrogen-bond donors (Lipinski definition) is 1. The highest BCUT2D eigenvalue weighted by atomic mass is 31.2. The predicted octanol–water partition coefficient (Wildman–Crippen LogP) is 19.5. The molecule has 0 aromatic heterocycles. The molecule has 0 saturated heterocycles. The molecular formula is C69H121N2O7P. The Hall–Kier alpha value is -3.33. The average molecular weight is 1120 g/mol. The van der Waals surface area contributed by atoms with Gasteiger partial charge in [-0.1, -0.05) is 246 Å². The third-order valence-corrected chi connectivity index (χ3v) is 14.7. The Kier molecular flexibility index (Phi) is 55.4. The molecule has 0 fully saturated rings. The molecular weight excluding hydrogens is 1000 g/mol. The lowest BCUT2D eigenvalue weighted by molar-refractivity contribution is -0.870. The molecule has 0 radical (unpaired) electrons. The second kappa shape index (κ2) is 57.9. The molecule has 0 aliphatic rings. The first-order valence-corrected chi connectivity index (χ1v) is 33.7. The molecule has 0 spiro atoms. The zero-order chi connectivity index (χ0) is 57.9. The topological polar surface area (TPSA) is 114 Å². The first-order valence-electron chi connectivity index (χ1n) is 32.2. The minimum atomic E-state index is -4.71. The molecule has 0 aliphatic heterocycles. The number of carbonyl (C=O) groups excluding carboxylic acids is 2. The van der Waals surface area contributed by atoms with E-state index in [-0.39, 0.29) is 31.3 Å². The maximum atomic E-state index is 13.5. The predicted molar refractivity (Wildman–Crippen MR) is 339 cm³/mol. The number of esters is 1. The largest absolute Gasteiger partial charge is 0.756 e. The van der Waals surface area contributed by atoms with Crippen LogP contribution in [0.5, 0.6) is 0 Å². The average Bonchev–Trinajstić information content (AvgIpc) is 3.41. The van der Waals surface area contributed by atoms with Crippen molar-refractivity contribution >= 4 is 19.7 Å². The Labute approximate surface area is 487 Å². The second-order valence-electron chi connectivity index (χ2n) is 22.5. The van der Waals surface area contributed by atoms with E-state index in [4.69, 9.17) is 13.8 Å². The van der Waals surface area contributed by atoms with Crippen LogP contribution in [-0.2, 0) is 27.9 Å². The number of rotatable bonds is 57. The number of hydrogen-bond acceptors (Lipinski definition) is 7. The molecule has 0 saturated carbocycles. The maximum absolute atomic E-state index is 13.5. The van der Waals surface area contributed by atoms with Crippen molar-refractivity contribution in [1.29, 1.82) is 0 Å². The molecule has 0 rings (SSSR count). The van der Waals surface area contributed by atoms with Gasteiger partial charge < -0.3 is 28.5 Å². The Morgan fingerprint density at radius 1 is 0.456 bits per heavy atom. The van der Waals surface area contributed by atoms with Gasteiger partial charge in [0.2, 0.25) is 5.91 Å². The van der Waals surface area contributed by atoms with Crippen LogP contribution in [0.4, 0.5) is 0 Å². The zero-order valence-corrected chi connectivity index (χ0v) is 52.7. The van der Waals surface area contributed by atoms with Gasteiger partial charge in [-0.05, 0) is 115 Å². The van der Waals surface area contributed by atoms with Crippen LogP contribution in [0.2, 0.25) is 0 Å². The van der Waals surface area contributed by atoms with E-state index >= 15 is 0 Å². The minimum Gasteiger partial charge on any atom is -0.756 e. The van der Waals surface area contributed by atoms with Crippen LogP contribution >= 0.6 is 7.82 Å². The lowest BCUT2D eigenvalue weighted by Gasteiger charge is -2.30. The number of unbranched alkanes of at least 4 members (excludes halogenated alkanes) is 25. The van der Waals surface area contributed by atoms with Gasteiger partial charge in [-0.3, -0.25) is 14.2 Å². The van der Waals surface area contributed by atoms with Crippen LogP contribution in [0.15, 0.2) is 109 Å². The quantitative estimate of drug-likeness (QED) is 0.0212. The standard InChI is InChI=1S/C69H121N2O7P/c1-7-10-13-16-19-22-25-27-29-31-32-33-34-35-36-37-38-40-42-44-47-50-53-56-59-62-69(73)78-67(60-57-54-51-48-45-24-21-18-15-12-9-3)66(65-77-79(74,75)76-64-63-71(4,5)6)70-68(72)61-58-55-52-49-46-43-41-39-30-28-26-23-20-17-14-11-8-2/h10,13,19-20,22-23,27-30,32-33,35-36,41,43,57,60,66-67H,7-9,11-12,14-18,21,24-26,31,34,37-40,42,44-56,58-59,61-65H2,1-6H3,(H-,70,72,74,75)/b13-10-,22-19-,23-20-,29-27-,30-28-,33-32-,36-35-,43-41-,60-57-. The highest BCUT2D eigenvalue weighted by molar-refractivity contribution is 7.45. The lowest BCUT2D eigenvalue weighted by Crippen LogP contribution is -2.47. The Bertz CT molecular complexity index is 1720. The Balaban J connectivity index is 5.18. The van der Waals surface area contributed by atoms with E-state index in [2.05, 4.69) is 123 Å². The molecule has 9 nitrogen and oxygen atoms in total. The third kappa shape index (κ3) is 59.1. The summed E-state index contributed by atoms with van der Waals surface area (Å²) in [7, 11) is 1.15. The number of quaternary nitrogens is 1. The first kappa shape index (κ1) is 75.7. The van der Waals surface area contributed by atoms with Gasteiger partial charge in [0.05, 0.1) is 33.8 Å². The van der Waals surface area contributed by atoms with Crippen molar-refractivity contribution in [2.24, 2.45) is 0 Å². The lowest BCUT2D eigenvalue weighted by atomic mass is 10.1. The summed E-state index contributed by atoms with van der Waals surface area (Å²) < 4.78 is 30.3. The maximum Gasteiger partial charge on any atom is 0.306 e. The highest BCUT2D eigenvalue weighted by Crippen LogP contribution is 2.38. The van der Waals surface area contributed by atoms with E-state index in [0.29, 0.717) is 23.9 Å². The summed E-state index contributed by atoms with van der Waals surface area (Å²) in [6.45, 7) is 6.67. The number of allylic oxidation sites excluding steroid dienone is 17. The number of phosphoric ester groups is 1. The summed E-state index contributed by atoms with van der Waals surface area (Å²) in [6, 6.07) is -0.909. The smallest absolute Gasteiger partial charge is 0.306 e. The summed E-state index contributed by atoms with van der Waals surface area (Å²) in [5.41, 5.74) is 0. The first-order chi connectivity index (χ1) is 38.4. The number of likely N-dealkylation sites (N-methyl/N-ethyl adjacent to an activating group) is 1. The molecule has 0 aliphatic carbocycles. The van der Waals surface area contributed by atoms with Crippen LogP contribution in [0, 0.1) is 0 Å². The molecule has 1 amide bonds. The van der Waals surface area contributed by atoms with Crippen LogP contribution in [0.1, 0.15) is 265 Å². The van der Waals surface area contributed by atoms with Crippen molar-refractivity contribution in [2.75, 3.05) is 40.9 Å². The van der Waals surface area contributed by atoms with Gasteiger partial charge in [0.25, 0.3) is 7.82 Å². The molecule has 0 aromatic rings. The van der Waals surface area contributed by atoms with Gasteiger partial charge >= 0.3 is 5.97 Å². The Morgan fingerprint density at radius 3 is 1.24 bits per heavy atom. The molecule has 79 heavy (non-hydrogen) atoms. The van der Waals surface area contributed by atoms with E-state index < -0.39 is 26.6 Å². The number of nitrogens with one attached hydrogen (secondary N) is 1. The van der Waals surface area contributed by atoms with Crippen molar-refractivity contribution in [1.82, 2.24) is 5.32 Å². The number of phosphoric acid groups is 1. The number of nitrogens with zero attached hydrogens (tertiary/aromatic N) is 1. The van der Waals surface area contributed by atoms with Crippen molar-refractivity contribution in [2.45, 2.75) is 277 Å². The van der Waals surface area contributed by atoms with Crippen LogP contribution in [0.3, 0.4) is 0 Å². The fourth-order valence-corrected chi connectivity index (χ4v) is 9.45. The van der Waals surface area contributed by atoms with Crippen molar-refractivity contribution in [3.05, 3.63) is 109 Å². The molecule has 3 unspecified atom stereocenters. The fraction of sp³-hybridized carbons (Fsp3) is 0.710. The van der Waals surface area contributed by atoms with Gasteiger partial charge in [0.1, 0.15) is 19.3 Å². The van der Waals surface area contributed by atoms with Crippen molar-refractivity contribution in [3.63, 3.8) is 0 Å². The SMILES string of the molecule is CC/C=C\C/C=C\C/C=C\C/C=C\C/C=C\CCCCCCCCCCCC(=O)OC(/C=C\CCCCCCCCCCC)C(COP(=O)([O-])OCC[N+](C)(C)C)NC(=O)CCCCCC/C=C\C/C=C\C/C=C\CCCCC. The number of amides is 1. The third-order valence-electron chi connectivity index (χ3n) is 13.7. The molecule has 1 N–H and O–H groups in total. The molecule has 0 aromatic carbocycles. The monoisotopic (exact) mass is 1120 g/mol. The Morgan fingerprint density at radius 2 is 0.810 bits per heavy atom. The van der Waals surface area contributed by atoms with E-state index in [1.54, 1.807) is 0 Å². The van der Waals surface area contributed by atoms with Gasteiger partial charge in [-0.25, -0.2) is 0 Å². The summed E-state index contributed by atoms with van der Waals surface area (Å²) in [5.74, 6) is -0.578. The summed E-state index contributed by atoms with van der Waals surface area (Å²) in [6.07, 6.45) is 79.1. The van der Waals surface area contributed by atoms with Gasteiger partial charge in [0.15, 0.2) is 0 Å². The molecule has 3 atom stereocenters. The summed E-state index contributed by atoms with van der Waals surface area (Å²) >= 11 is 0. The normalized spacial score (nSPS) is 14.4. The molecule has 10 heteroatoms. The van der Waals surface area contributed by atoms with E-state index in [1.807, 2.05) is 33.3 Å². The summed E-state index contributed by atoms with van der Waals surface area (Å²) in [4.78, 5) is 40.0. The van der Waals surface area contributed by atoms with Crippen LogP contribution in [0.25, 0.3) is 0 Å². The van der Waals surface area contributed by atoms with Crippen molar-refractivity contribution in [3.8, 4) is 0 Å². The van der Waals surface area contributed by atoms with Crippen LogP contribution in [-0.4, -0.2) is 69.4 Å².